The minimum atomic E-state index is 0.146. The minimum Gasteiger partial charge on any atom is -0.285 e. The molecule has 17 heavy (non-hydrogen) atoms. The largest absolute Gasteiger partial charge is 0.285 e. The summed E-state index contributed by atoms with van der Waals surface area (Å²) in [5.41, 5.74) is 2.16. The van der Waals surface area contributed by atoms with Crippen LogP contribution in [0.15, 0.2) is 59.6 Å². The maximum atomic E-state index is 6.06. The molecule has 0 spiro atoms. The lowest BCUT2D eigenvalue weighted by molar-refractivity contribution is 0.825. The lowest BCUT2D eigenvalue weighted by Crippen LogP contribution is -1.91. The van der Waals surface area contributed by atoms with E-state index in [0.29, 0.717) is 0 Å². The van der Waals surface area contributed by atoms with E-state index < -0.39 is 0 Å². The molecule has 0 radical (unpaired) electrons. The van der Waals surface area contributed by atoms with Crippen molar-refractivity contribution in [2.24, 2.45) is 4.99 Å². The Bertz CT molecular complexity index is 505. The Balaban J connectivity index is 2.14. The second-order valence-electron chi connectivity index (χ2n) is 3.89. The first-order valence-corrected chi connectivity index (χ1v) is 5.98. The van der Waals surface area contributed by atoms with Gasteiger partial charge in [-0.2, -0.15) is 0 Å². The quantitative estimate of drug-likeness (QED) is 0.703. The van der Waals surface area contributed by atoms with Crippen LogP contribution in [0.3, 0.4) is 0 Å². The third kappa shape index (κ3) is 3.18. The molecule has 0 bridgehead atoms. The molecule has 0 aromatic heterocycles. The van der Waals surface area contributed by atoms with Gasteiger partial charge in [0, 0.05) is 16.8 Å². The predicted octanol–water partition coefficient (Wildman–Crippen LogP) is 4.52. The van der Waals surface area contributed by atoms with E-state index in [9.17, 15) is 0 Å². The van der Waals surface area contributed by atoms with Crippen molar-refractivity contribution in [3.8, 4) is 0 Å². The van der Waals surface area contributed by atoms with Gasteiger partial charge in [-0.1, -0.05) is 60.1 Å². The number of aliphatic imine (C=N–C) groups is 1. The fourth-order valence-electron chi connectivity index (χ4n) is 1.59. The highest BCUT2D eigenvalue weighted by Gasteiger charge is 2.01. The molecule has 0 aliphatic carbocycles. The highest BCUT2D eigenvalue weighted by atomic mass is 35.5. The summed E-state index contributed by atoms with van der Waals surface area (Å²) in [6, 6.07) is 18.1. The lowest BCUT2D eigenvalue weighted by Gasteiger charge is -2.06. The molecule has 0 fully saturated rings. The first-order valence-electron chi connectivity index (χ1n) is 5.60. The average molecular weight is 244 g/mol. The fraction of sp³-hybridized carbons (Fsp3) is 0.133. The van der Waals surface area contributed by atoms with Gasteiger partial charge in [-0.3, -0.25) is 4.99 Å². The van der Waals surface area contributed by atoms with Crippen LogP contribution in [-0.2, 0) is 0 Å². The highest BCUT2D eigenvalue weighted by Crippen LogP contribution is 2.17. The molecule has 86 valence electrons. The van der Waals surface area contributed by atoms with E-state index in [0.717, 1.165) is 10.6 Å². The van der Waals surface area contributed by atoms with Crippen molar-refractivity contribution in [1.29, 1.82) is 0 Å². The Morgan fingerprint density at radius 2 is 1.65 bits per heavy atom. The summed E-state index contributed by atoms with van der Waals surface area (Å²) in [6.45, 7) is 2.07. The molecule has 0 aliphatic rings. The van der Waals surface area contributed by atoms with Crippen molar-refractivity contribution in [2.45, 2.75) is 13.0 Å². The summed E-state index contributed by atoms with van der Waals surface area (Å²) in [5.74, 6) is 0. The van der Waals surface area contributed by atoms with E-state index in [4.69, 9.17) is 11.6 Å². The molecule has 1 atom stereocenters. The molecular formula is C15H14ClN. The summed E-state index contributed by atoms with van der Waals surface area (Å²) in [7, 11) is 0. The summed E-state index contributed by atoms with van der Waals surface area (Å²) < 4.78 is 0. The SMILES string of the molecule is C[C@H](N=Cc1ccccc1Cl)c1ccccc1. The molecule has 0 amide bonds. The van der Waals surface area contributed by atoms with Crippen molar-refractivity contribution in [1.82, 2.24) is 0 Å². The van der Waals surface area contributed by atoms with Gasteiger partial charge in [-0.15, -0.1) is 0 Å². The summed E-state index contributed by atoms with van der Waals surface area (Å²) in [4.78, 5) is 4.52. The highest BCUT2D eigenvalue weighted by molar-refractivity contribution is 6.33. The van der Waals surface area contributed by atoms with E-state index in [1.807, 2.05) is 48.7 Å². The van der Waals surface area contributed by atoms with Crippen LogP contribution in [0.25, 0.3) is 0 Å². The normalized spacial score (nSPS) is 12.8. The van der Waals surface area contributed by atoms with Crippen molar-refractivity contribution >= 4 is 17.8 Å². The molecular weight excluding hydrogens is 230 g/mol. The van der Waals surface area contributed by atoms with E-state index in [2.05, 4.69) is 24.0 Å². The number of hydrogen-bond donors (Lipinski definition) is 0. The van der Waals surface area contributed by atoms with Crippen LogP contribution in [-0.4, -0.2) is 6.21 Å². The standard InChI is InChI=1S/C15H14ClN/c1-12(13-7-3-2-4-8-13)17-11-14-9-5-6-10-15(14)16/h2-12H,1H3/t12-/m0/s1. The first-order chi connectivity index (χ1) is 8.27. The van der Waals surface area contributed by atoms with Gasteiger partial charge in [0.15, 0.2) is 0 Å². The Hall–Kier alpha value is -1.60. The van der Waals surface area contributed by atoms with Crippen molar-refractivity contribution in [2.75, 3.05) is 0 Å². The number of benzene rings is 2. The molecule has 0 N–H and O–H groups in total. The van der Waals surface area contributed by atoms with Crippen LogP contribution in [0.5, 0.6) is 0 Å². The first kappa shape index (κ1) is 11.9. The van der Waals surface area contributed by atoms with Crippen LogP contribution < -0.4 is 0 Å². The van der Waals surface area contributed by atoms with Crippen molar-refractivity contribution in [3.63, 3.8) is 0 Å². The molecule has 2 aromatic carbocycles. The molecule has 0 unspecified atom stereocenters. The van der Waals surface area contributed by atoms with Crippen LogP contribution in [0.1, 0.15) is 24.1 Å². The minimum absolute atomic E-state index is 0.146. The van der Waals surface area contributed by atoms with Crippen LogP contribution in [0.4, 0.5) is 0 Å². The van der Waals surface area contributed by atoms with Gasteiger partial charge in [-0.05, 0) is 18.6 Å². The fourth-order valence-corrected chi connectivity index (χ4v) is 1.77. The smallest absolute Gasteiger partial charge is 0.0721 e. The van der Waals surface area contributed by atoms with E-state index in [1.165, 1.54) is 5.56 Å². The Morgan fingerprint density at radius 3 is 2.35 bits per heavy atom. The second-order valence-corrected chi connectivity index (χ2v) is 4.29. The summed E-state index contributed by atoms with van der Waals surface area (Å²) in [5, 5.41) is 0.733. The average Bonchev–Trinajstić information content (AvgIpc) is 2.38. The molecule has 2 aromatic rings. The number of halogens is 1. The van der Waals surface area contributed by atoms with Gasteiger partial charge in [0.1, 0.15) is 0 Å². The van der Waals surface area contributed by atoms with Gasteiger partial charge in [0.25, 0.3) is 0 Å². The summed E-state index contributed by atoms with van der Waals surface area (Å²) in [6.07, 6.45) is 1.83. The number of rotatable bonds is 3. The van der Waals surface area contributed by atoms with Crippen molar-refractivity contribution < 1.29 is 0 Å². The van der Waals surface area contributed by atoms with E-state index in [1.54, 1.807) is 0 Å². The van der Waals surface area contributed by atoms with Crippen LogP contribution >= 0.6 is 11.6 Å². The van der Waals surface area contributed by atoms with Gasteiger partial charge in [-0.25, -0.2) is 0 Å². The molecule has 0 saturated heterocycles. The maximum absolute atomic E-state index is 6.06. The van der Waals surface area contributed by atoms with E-state index in [-0.39, 0.29) is 6.04 Å². The van der Waals surface area contributed by atoms with Gasteiger partial charge < -0.3 is 0 Å². The molecule has 2 rings (SSSR count). The number of nitrogens with zero attached hydrogens (tertiary/aromatic N) is 1. The van der Waals surface area contributed by atoms with Crippen LogP contribution in [0, 0.1) is 0 Å². The van der Waals surface area contributed by atoms with Gasteiger partial charge in [0.2, 0.25) is 0 Å². The molecule has 0 heterocycles. The second kappa shape index (κ2) is 5.65. The predicted molar refractivity (Wildman–Crippen MR) is 73.9 cm³/mol. The molecule has 1 nitrogen and oxygen atoms in total. The molecule has 2 heteroatoms. The molecule has 0 aliphatic heterocycles. The Labute approximate surface area is 107 Å². The van der Waals surface area contributed by atoms with Crippen LogP contribution in [0.2, 0.25) is 5.02 Å². The third-order valence-corrected chi connectivity index (χ3v) is 2.97. The van der Waals surface area contributed by atoms with Crippen molar-refractivity contribution in [3.05, 3.63) is 70.7 Å². The zero-order valence-corrected chi connectivity index (χ0v) is 10.4. The molecule has 0 saturated carbocycles. The van der Waals surface area contributed by atoms with Gasteiger partial charge in [0.05, 0.1) is 6.04 Å². The Morgan fingerprint density at radius 1 is 1.00 bits per heavy atom. The topological polar surface area (TPSA) is 12.4 Å². The lowest BCUT2D eigenvalue weighted by atomic mass is 10.1. The monoisotopic (exact) mass is 243 g/mol. The maximum Gasteiger partial charge on any atom is 0.0721 e. The summed E-state index contributed by atoms with van der Waals surface area (Å²) >= 11 is 6.06. The zero-order chi connectivity index (χ0) is 12.1. The van der Waals surface area contributed by atoms with Gasteiger partial charge >= 0.3 is 0 Å². The van der Waals surface area contributed by atoms with E-state index >= 15 is 0 Å². The third-order valence-electron chi connectivity index (χ3n) is 2.62. The number of hydrogen-bond acceptors (Lipinski definition) is 1. The zero-order valence-electron chi connectivity index (χ0n) is 9.68. The Kier molecular flexibility index (Phi) is 3.94.